The van der Waals surface area contributed by atoms with Gasteiger partial charge in [-0.25, -0.2) is 4.57 Å². The molecular weight excluding hydrogens is 587 g/mol. The maximum absolute atomic E-state index is 12.5. The van der Waals surface area contributed by atoms with E-state index in [1.165, 1.54) is 25.7 Å². The number of carbonyl (C=O) groups is 2. The lowest BCUT2D eigenvalue weighted by atomic mass is 9.85. The highest BCUT2D eigenvalue weighted by Gasteiger charge is 2.51. The van der Waals surface area contributed by atoms with Gasteiger partial charge in [0.05, 0.1) is 6.61 Å². The summed E-state index contributed by atoms with van der Waals surface area (Å²) in [6.07, 6.45) is 3.69. The Morgan fingerprint density at radius 2 is 1.23 bits per heavy atom. The maximum Gasteiger partial charge on any atom is 0.472 e. The Balaban J connectivity index is 2.49. The highest BCUT2D eigenvalue weighted by atomic mass is 31.2. The molecule has 6 unspecified atom stereocenters. The minimum Gasteiger partial charge on any atom is -0.462 e. The third kappa shape index (κ3) is 16.5. The molecule has 1 aliphatic rings. The Labute approximate surface area is 254 Å². The van der Waals surface area contributed by atoms with Crippen LogP contribution in [0.4, 0.5) is 0 Å². The van der Waals surface area contributed by atoms with E-state index in [1.807, 2.05) is 0 Å². The average Bonchev–Trinajstić information content (AvgIpc) is 2.97. The van der Waals surface area contributed by atoms with E-state index in [9.17, 15) is 44.6 Å². The molecule has 1 saturated carbocycles. The van der Waals surface area contributed by atoms with Crippen molar-refractivity contribution in [2.75, 3.05) is 13.2 Å². The first-order chi connectivity index (χ1) is 20.4. The molecule has 0 aliphatic heterocycles. The van der Waals surface area contributed by atoms with E-state index < -0.39 is 75.7 Å². The maximum atomic E-state index is 12.5. The van der Waals surface area contributed by atoms with Crippen molar-refractivity contribution < 1.29 is 63.1 Å². The summed E-state index contributed by atoms with van der Waals surface area (Å²) in [4.78, 5) is 34.4. The van der Waals surface area contributed by atoms with Crippen LogP contribution in [0.15, 0.2) is 12.2 Å². The predicted molar refractivity (Wildman–Crippen MR) is 157 cm³/mol. The number of carbonyl (C=O) groups excluding carboxylic acids is 2. The minimum absolute atomic E-state index is 0.0862. The van der Waals surface area contributed by atoms with Crippen LogP contribution in [-0.2, 0) is 32.7 Å². The topological polar surface area (TPSA) is 210 Å². The normalized spacial score (nSPS) is 26.2. The lowest BCUT2D eigenvalue weighted by molar-refractivity contribution is -0.220. The number of hydrogen-bond donors (Lipinski definition) is 6. The molecule has 0 spiro atoms. The van der Waals surface area contributed by atoms with E-state index in [0.717, 1.165) is 38.5 Å². The highest BCUT2D eigenvalue weighted by molar-refractivity contribution is 7.47. The van der Waals surface area contributed by atoms with E-state index in [2.05, 4.69) is 19.1 Å². The number of esters is 2. The lowest BCUT2D eigenvalue weighted by Gasteiger charge is -2.41. The number of allylic oxidation sites excluding steroid dienone is 2. The Bertz CT molecular complexity index is 838. The van der Waals surface area contributed by atoms with Gasteiger partial charge in [-0.1, -0.05) is 64.5 Å². The fraction of sp³-hybridized carbons (Fsp3) is 0.862. The van der Waals surface area contributed by atoms with Gasteiger partial charge in [0, 0.05) is 12.8 Å². The fourth-order valence-corrected chi connectivity index (χ4v) is 5.47. The summed E-state index contributed by atoms with van der Waals surface area (Å²) in [5.74, 6) is -1.17. The van der Waals surface area contributed by atoms with Crippen molar-refractivity contribution in [3.63, 3.8) is 0 Å². The second-order valence-corrected chi connectivity index (χ2v) is 12.4. The van der Waals surface area contributed by atoms with Crippen molar-refractivity contribution in [3.05, 3.63) is 12.2 Å². The van der Waals surface area contributed by atoms with Crippen LogP contribution >= 0.6 is 7.82 Å². The van der Waals surface area contributed by atoms with Crippen molar-refractivity contribution in [1.82, 2.24) is 0 Å². The van der Waals surface area contributed by atoms with E-state index >= 15 is 0 Å². The number of phosphoric acid groups is 1. The molecule has 0 aromatic heterocycles. The number of aliphatic hydroxyl groups is 5. The number of aliphatic hydroxyl groups excluding tert-OH is 5. The Hall–Kier alpha value is -1.41. The zero-order chi connectivity index (χ0) is 32.3. The van der Waals surface area contributed by atoms with Crippen LogP contribution in [0.2, 0.25) is 0 Å². The van der Waals surface area contributed by atoms with Gasteiger partial charge in [-0.05, 0) is 38.5 Å². The van der Waals surface area contributed by atoms with Gasteiger partial charge in [0.2, 0.25) is 0 Å². The summed E-state index contributed by atoms with van der Waals surface area (Å²) in [5, 5.41) is 49.3. The SMILES string of the molecule is CCCCCC/C=C\CCCCCCCC(=O)OC(COC(=O)CCC)COP(=O)(O)OC1C(O)C(O)C(O)C(O)C1O. The second-order valence-electron chi connectivity index (χ2n) is 11.0. The van der Waals surface area contributed by atoms with E-state index in [4.69, 9.17) is 18.5 Å². The van der Waals surface area contributed by atoms with Crippen LogP contribution in [0.3, 0.4) is 0 Å². The molecule has 0 saturated heterocycles. The van der Waals surface area contributed by atoms with Crippen LogP contribution < -0.4 is 0 Å². The Morgan fingerprint density at radius 3 is 1.81 bits per heavy atom. The Kier molecular flexibility index (Phi) is 20.4. The third-order valence-electron chi connectivity index (χ3n) is 7.08. The van der Waals surface area contributed by atoms with Crippen molar-refractivity contribution >= 4 is 19.8 Å². The van der Waals surface area contributed by atoms with Crippen LogP contribution in [0.5, 0.6) is 0 Å². The summed E-state index contributed by atoms with van der Waals surface area (Å²) < 4.78 is 32.5. The first kappa shape index (κ1) is 39.6. The summed E-state index contributed by atoms with van der Waals surface area (Å²) in [6, 6.07) is 0. The van der Waals surface area contributed by atoms with Crippen LogP contribution in [0, 0.1) is 0 Å². The molecule has 0 radical (unpaired) electrons. The molecule has 1 fully saturated rings. The van der Waals surface area contributed by atoms with Gasteiger partial charge in [0.15, 0.2) is 6.10 Å². The minimum atomic E-state index is -5.08. The second kappa shape index (κ2) is 22.2. The first-order valence-corrected chi connectivity index (χ1v) is 17.0. The average molecular weight is 641 g/mol. The molecule has 1 rings (SSSR count). The summed E-state index contributed by atoms with van der Waals surface area (Å²) in [7, 11) is -5.08. The van der Waals surface area contributed by atoms with Crippen molar-refractivity contribution in [2.45, 2.75) is 146 Å². The van der Waals surface area contributed by atoms with Gasteiger partial charge < -0.3 is 39.9 Å². The van der Waals surface area contributed by atoms with Crippen LogP contribution in [0.25, 0.3) is 0 Å². The summed E-state index contributed by atoms with van der Waals surface area (Å²) >= 11 is 0. The van der Waals surface area contributed by atoms with Gasteiger partial charge in [-0.3, -0.25) is 18.6 Å². The molecule has 0 aromatic rings. The van der Waals surface area contributed by atoms with Crippen molar-refractivity contribution in [2.24, 2.45) is 0 Å². The summed E-state index contributed by atoms with van der Waals surface area (Å²) in [6.45, 7) is 2.78. The third-order valence-corrected chi connectivity index (χ3v) is 8.06. The number of hydrogen-bond acceptors (Lipinski definition) is 12. The number of unbranched alkanes of at least 4 members (excludes halogenated alkanes) is 9. The Morgan fingerprint density at radius 1 is 0.698 bits per heavy atom. The zero-order valence-corrected chi connectivity index (χ0v) is 26.4. The van der Waals surface area contributed by atoms with Gasteiger partial charge in [0.25, 0.3) is 0 Å². The molecule has 43 heavy (non-hydrogen) atoms. The molecule has 0 bridgehead atoms. The number of ether oxygens (including phenoxy) is 2. The summed E-state index contributed by atoms with van der Waals surface area (Å²) in [5.41, 5.74) is 0. The standard InChI is InChI=1S/C29H53O13P/c1-3-5-6-7-8-9-10-11-12-13-14-15-16-18-23(31)41-21(19-39-22(30)17-4-2)20-40-43(37,38)42-29-27(35)25(33)24(32)26(34)28(29)36/h9-10,21,24-29,32-36H,3-8,11-20H2,1-2H3,(H,37,38)/b10-9-. The molecule has 0 amide bonds. The van der Waals surface area contributed by atoms with Crippen molar-refractivity contribution in [1.29, 1.82) is 0 Å². The molecule has 1 aliphatic carbocycles. The molecule has 6 atom stereocenters. The lowest BCUT2D eigenvalue weighted by Crippen LogP contribution is -2.64. The number of rotatable bonds is 23. The predicted octanol–water partition coefficient (Wildman–Crippen LogP) is 2.82. The molecule has 252 valence electrons. The largest absolute Gasteiger partial charge is 0.472 e. The van der Waals surface area contributed by atoms with Gasteiger partial charge in [-0.15, -0.1) is 0 Å². The monoisotopic (exact) mass is 640 g/mol. The van der Waals surface area contributed by atoms with Gasteiger partial charge in [0.1, 0.15) is 43.2 Å². The van der Waals surface area contributed by atoms with Crippen LogP contribution in [-0.4, -0.2) is 98.3 Å². The molecular formula is C29H53O13P. The molecule has 0 aromatic carbocycles. The van der Waals surface area contributed by atoms with E-state index in [-0.39, 0.29) is 12.8 Å². The van der Waals surface area contributed by atoms with E-state index in [0.29, 0.717) is 12.8 Å². The van der Waals surface area contributed by atoms with Crippen molar-refractivity contribution in [3.8, 4) is 0 Å². The number of phosphoric ester groups is 1. The molecule has 6 N–H and O–H groups in total. The van der Waals surface area contributed by atoms with Gasteiger partial charge in [-0.2, -0.15) is 0 Å². The molecule has 13 nitrogen and oxygen atoms in total. The zero-order valence-electron chi connectivity index (χ0n) is 25.5. The highest BCUT2D eigenvalue weighted by Crippen LogP contribution is 2.47. The first-order valence-electron chi connectivity index (χ1n) is 15.5. The fourth-order valence-electron chi connectivity index (χ4n) is 4.49. The van der Waals surface area contributed by atoms with Crippen LogP contribution in [0.1, 0.15) is 104 Å². The quantitative estimate of drug-likeness (QED) is 0.0411. The molecule has 0 heterocycles. The molecule has 14 heteroatoms. The van der Waals surface area contributed by atoms with Gasteiger partial charge >= 0.3 is 19.8 Å². The van der Waals surface area contributed by atoms with E-state index in [1.54, 1.807) is 6.92 Å². The smallest absolute Gasteiger partial charge is 0.462 e.